The van der Waals surface area contributed by atoms with Crippen LogP contribution < -0.4 is 10.5 Å². The molecule has 2 aromatic carbocycles. The summed E-state index contributed by atoms with van der Waals surface area (Å²) < 4.78 is 7.74. The van der Waals surface area contributed by atoms with Crippen LogP contribution in [0.4, 0.5) is 0 Å². The molecule has 2 rings (SSSR count). The molecule has 0 spiro atoms. The normalized spacial score (nSPS) is 12.2. The summed E-state index contributed by atoms with van der Waals surface area (Å²) in [4.78, 5) is 0. The quantitative estimate of drug-likeness (QED) is 0.813. The molecule has 0 aromatic heterocycles. The maximum absolute atomic E-state index is 5.87. The summed E-state index contributed by atoms with van der Waals surface area (Å²) in [6.45, 7) is 2.00. The van der Waals surface area contributed by atoms with Crippen molar-refractivity contribution >= 4 is 31.9 Å². The molecule has 1 unspecified atom stereocenters. The number of benzene rings is 2. The van der Waals surface area contributed by atoms with Crippen LogP contribution in [-0.2, 0) is 6.42 Å². The maximum Gasteiger partial charge on any atom is 0.141 e. The van der Waals surface area contributed by atoms with Gasteiger partial charge in [-0.05, 0) is 75.0 Å². The van der Waals surface area contributed by atoms with Gasteiger partial charge in [-0.15, -0.1) is 0 Å². The highest BCUT2D eigenvalue weighted by molar-refractivity contribution is 9.11. The zero-order valence-corrected chi connectivity index (χ0v) is 13.7. The first-order valence-electron chi connectivity index (χ1n) is 6.02. The van der Waals surface area contributed by atoms with E-state index in [1.807, 2.05) is 43.3 Å². The van der Waals surface area contributed by atoms with Gasteiger partial charge in [-0.25, -0.2) is 0 Å². The van der Waals surface area contributed by atoms with Gasteiger partial charge in [-0.3, -0.25) is 0 Å². The van der Waals surface area contributed by atoms with E-state index >= 15 is 0 Å². The fourth-order valence-corrected chi connectivity index (χ4v) is 2.64. The van der Waals surface area contributed by atoms with Crippen molar-refractivity contribution in [2.45, 2.75) is 19.4 Å². The summed E-state index contributed by atoms with van der Waals surface area (Å²) in [6, 6.07) is 14.0. The Hall–Kier alpha value is -0.840. The minimum absolute atomic E-state index is 0.155. The van der Waals surface area contributed by atoms with Gasteiger partial charge in [0.15, 0.2) is 0 Å². The molecule has 0 fully saturated rings. The van der Waals surface area contributed by atoms with Crippen LogP contribution in [0.5, 0.6) is 11.5 Å². The van der Waals surface area contributed by atoms with Crippen LogP contribution in [0.1, 0.15) is 12.5 Å². The molecule has 100 valence electrons. The number of hydrogen-bond donors (Lipinski definition) is 1. The molecular weight excluding hydrogens is 370 g/mol. The molecule has 0 saturated heterocycles. The van der Waals surface area contributed by atoms with E-state index in [4.69, 9.17) is 10.5 Å². The first-order valence-corrected chi connectivity index (χ1v) is 7.61. The summed E-state index contributed by atoms with van der Waals surface area (Å²) >= 11 is 7.01. The van der Waals surface area contributed by atoms with Gasteiger partial charge in [-0.1, -0.05) is 18.2 Å². The topological polar surface area (TPSA) is 35.2 Å². The zero-order chi connectivity index (χ0) is 13.8. The third kappa shape index (κ3) is 4.06. The van der Waals surface area contributed by atoms with E-state index in [9.17, 15) is 0 Å². The molecule has 2 aromatic rings. The molecule has 2 nitrogen and oxygen atoms in total. The summed E-state index contributed by atoms with van der Waals surface area (Å²) in [5.41, 5.74) is 7.00. The Morgan fingerprint density at radius 3 is 2.37 bits per heavy atom. The van der Waals surface area contributed by atoms with Crippen molar-refractivity contribution in [1.82, 2.24) is 0 Å². The fourth-order valence-electron chi connectivity index (χ4n) is 1.77. The zero-order valence-electron chi connectivity index (χ0n) is 10.6. The number of ether oxygens (including phenoxy) is 1. The van der Waals surface area contributed by atoms with Crippen LogP contribution >= 0.6 is 31.9 Å². The number of hydrogen-bond acceptors (Lipinski definition) is 2. The lowest BCUT2D eigenvalue weighted by Crippen LogP contribution is -2.17. The molecular formula is C15H15Br2NO. The maximum atomic E-state index is 5.87. The first kappa shape index (κ1) is 14.6. The first-order chi connectivity index (χ1) is 9.06. The van der Waals surface area contributed by atoms with E-state index < -0.39 is 0 Å². The lowest BCUT2D eigenvalue weighted by Gasteiger charge is -2.11. The molecule has 1 atom stereocenters. The molecule has 0 aliphatic rings. The SMILES string of the molecule is CC(N)Cc1ccc(Oc2ccccc2Br)c(Br)c1. The standard InChI is InChI=1S/C15H15Br2NO/c1-10(18)8-11-6-7-15(13(17)9-11)19-14-5-3-2-4-12(14)16/h2-7,9-10H,8,18H2,1H3. The van der Waals surface area contributed by atoms with Gasteiger partial charge >= 0.3 is 0 Å². The van der Waals surface area contributed by atoms with Gasteiger partial charge < -0.3 is 10.5 Å². The van der Waals surface area contributed by atoms with Gasteiger partial charge in [0, 0.05) is 6.04 Å². The van der Waals surface area contributed by atoms with Gasteiger partial charge in [0.25, 0.3) is 0 Å². The van der Waals surface area contributed by atoms with Gasteiger partial charge in [0.1, 0.15) is 11.5 Å². The monoisotopic (exact) mass is 383 g/mol. The average molecular weight is 385 g/mol. The van der Waals surface area contributed by atoms with Crippen LogP contribution in [-0.4, -0.2) is 6.04 Å². The van der Waals surface area contributed by atoms with Crippen molar-refractivity contribution < 1.29 is 4.74 Å². The molecule has 0 saturated carbocycles. The molecule has 0 aliphatic carbocycles. The molecule has 4 heteroatoms. The van der Waals surface area contributed by atoms with Gasteiger partial charge in [0.2, 0.25) is 0 Å². The van der Waals surface area contributed by atoms with E-state index in [2.05, 4.69) is 37.9 Å². The van der Waals surface area contributed by atoms with Crippen molar-refractivity contribution in [3.8, 4) is 11.5 Å². The van der Waals surface area contributed by atoms with Crippen LogP contribution in [0.2, 0.25) is 0 Å². The number of halogens is 2. The van der Waals surface area contributed by atoms with Gasteiger partial charge in [0.05, 0.1) is 8.95 Å². The lowest BCUT2D eigenvalue weighted by atomic mass is 10.1. The van der Waals surface area contributed by atoms with E-state index in [0.29, 0.717) is 0 Å². The molecule has 0 bridgehead atoms. The second-order valence-electron chi connectivity index (χ2n) is 4.48. The van der Waals surface area contributed by atoms with Crippen LogP contribution in [0.15, 0.2) is 51.4 Å². The Morgan fingerprint density at radius 1 is 1.05 bits per heavy atom. The van der Waals surface area contributed by atoms with E-state index in [-0.39, 0.29) is 6.04 Å². The predicted octanol–water partition coefficient (Wildman–Crippen LogP) is 4.89. The Balaban J connectivity index is 2.20. The second-order valence-corrected chi connectivity index (χ2v) is 6.19. The second kappa shape index (κ2) is 6.55. The summed E-state index contributed by atoms with van der Waals surface area (Å²) in [5, 5.41) is 0. The highest BCUT2D eigenvalue weighted by Crippen LogP contribution is 2.34. The summed E-state index contributed by atoms with van der Waals surface area (Å²) in [5.74, 6) is 1.59. The Bertz CT molecular complexity index is 570. The van der Waals surface area contributed by atoms with Crippen LogP contribution in [0, 0.1) is 0 Å². The summed E-state index contributed by atoms with van der Waals surface area (Å²) in [6.07, 6.45) is 0.855. The minimum atomic E-state index is 0.155. The molecule has 0 radical (unpaired) electrons. The number of rotatable bonds is 4. The third-order valence-electron chi connectivity index (χ3n) is 2.61. The average Bonchev–Trinajstić information content (AvgIpc) is 2.34. The summed E-state index contributed by atoms with van der Waals surface area (Å²) in [7, 11) is 0. The van der Waals surface area contributed by atoms with Crippen molar-refractivity contribution in [3.05, 3.63) is 57.0 Å². The third-order valence-corrected chi connectivity index (χ3v) is 3.89. The van der Waals surface area contributed by atoms with Crippen LogP contribution in [0.3, 0.4) is 0 Å². The van der Waals surface area contributed by atoms with Crippen molar-refractivity contribution in [2.24, 2.45) is 5.73 Å². The van der Waals surface area contributed by atoms with Crippen molar-refractivity contribution in [2.75, 3.05) is 0 Å². The lowest BCUT2D eigenvalue weighted by molar-refractivity contribution is 0.476. The predicted molar refractivity (Wildman–Crippen MR) is 85.7 cm³/mol. The highest BCUT2D eigenvalue weighted by atomic mass is 79.9. The number of nitrogens with two attached hydrogens (primary N) is 1. The fraction of sp³-hybridized carbons (Fsp3) is 0.200. The van der Waals surface area contributed by atoms with Crippen LogP contribution in [0.25, 0.3) is 0 Å². The smallest absolute Gasteiger partial charge is 0.141 e. The number of para-hydroxylation sites is 1. The van der Waals surface area contributed by atoms with E-state index in [1.54, 1.807) is 0 Å². The Labute approximate surface area is 130 Å². The molecule has 0 amide bonds. The molecule has 19 heavy (non-hydrogen) atoms. The largest absolute Gasteiger partial charge is 0.455 e. The van der Waals surface area contributed by atoms with Gasteiger partial charge in [-0.2, -0.15) is 0 Å². The van der Waals surface area contributed by atoms with Crippen molar-refractivity contribution in [1.29, 1.82) is 0 Å². The molecule has 0 aliphatic heterocycles. The highest BCUT2D eigenvalue weighted by Gasteiger charge is 2.07. The minimum Gasteiger partial charge on any atom is -0.455 e. The van der Waals surface area contributed by atoms with E-state index in [1.165, 1.54) is 5.56 Å². The molecule has 2 N–H and O–H groups in total. The molecule has 0 heterocycles. The van der Waals surface area contributed by atoms with Crippen molar-refractivity contribution in [3.63, 3.8) is 0 Å². The Kier molecular flexibility index (Phi) is 5.02. The van der Waals surface area contributed by atoms with E-state index in [0.717, 1.165) is 26.9 Å². The Morgan fingerprint density at radius 2 is 1.74 bits per heavy atom.